The van der Waals surface area contributed by atoms with Crippen LogP contribution in [0.4, 0.5) is 0 Å². The summed E-state index contributed by atoms with van der Waals surface area (Å²) < 4.78 is 10.7. The van der Waals surface area contributed by atoms with Crippen molar-refractivity contribution in [3.8, 4) is 28.7 Å². The summed E-state index contributed by atoms with van der Waals surface area (Å²) in [7, 11) is 3.16. The van der Waals surface area contributed by atoms with Gasteiger partial charge in [-0.1, -0.05) is 30.3 Å². The van der Waals surface area contributed by atoms with E-state index in [0.29, 0.717) is 17.1 Å². The molecule has 3 nitrogen and oxygen atoms in total. The van der Waals surface area contributed by atoms with E-state index in [1.54, 1.807) is 26.4 Å². The van der Waals surface area contributed by atoms with Gasteiger partial charge < -0.3 is 9.47 Å². The van der Waals surface area contributed by atoms with Gasteiger partial charge in [-0.15, -0.1) is 0 Å². The molecule has 18 heavy (non-hydrogen) atoms. The van der Waals surface area contributed by atoms with E-state index in [1.807, 2.05) is 30.3 Å². The van der Waals surface area contributed by atoms with Gasteiger partial charge >= 0.3 is 0 Å². The van der Waals surface area contributed by atoms with Crippen LogP contribution in [0.1, 0.15) is 5.56 Å². The van der Waals surface area contributed by atoms with E-state index in [1.165, 1.54) is 0 Å². The number of ether oxygens (including phenoxy) is 2. The first-order valence-electron chi connectivity index (χ1n) is 5.52. The summed E-state index contributed by atoms with van der Waals surface area (Å²) in [5, 5.41) is 9.11. The molecule has 0 N–H and O–H groups in total. The third kappa shape index (κ3) is 2.01. The van der Waals surface area contributed by atoms with E-state index < -0.39 is 0 Å². The topological polar surface area (TPSA) is 42.2 Å². The zero-order valence-electron chi connectivity index (χ0n) is 10.3. The maximum Gasteiger partial charge on any atom is 0.148 e. The van der Waals surface area contributed by atoms with Gasteiger partial charge in [-0.05, 0) is 17.7 Å². The van der Waals surface area contributed by atoms with Crippen molar-refractivity contribution in [3.63, 3.8) is 0 Å². The van der Waals surface area contributed by atoms with E-state index in [-0.39, 0.29) is 0 Å². The Morgan fingerprint density at radius 1 is 0.944 bits per heavy atom. The summed E-state index contributed by atoms with van der Waals surface area (Å²) >= 11 is 0. The molecule has 2 rings (SSSR count). The Balaban J connectivity index is 2.74. The maximum atomic E-state index is 9.11. The second kappa shape index (κ2) is 5.24. The molecular weight excluding hydrogens is 226 g/mol. The smallest absolute Gasteiger partial charge is 0.148 e. The Morgan fingerprint density at radius 3 is 2.22 bits per heavy atom. The summed E-state index contributed by atoms with van der Waals surface area (Å²) in [4.78, 5) is 0. The number of nitrogens with zero attached hydrogens (tertiary/aromatic N) is 1. The van der Waals surface area contributed by atoms with Crippen molar-refractivity contribution in [2.45, 2.75) is 0 Å². The van der Waals surface area contributed by atoms with E-state index in [2.05, 4.69) is 6.07 Å². The number of benzene rings is 2. The van der Waals surface area contributed by atoms with E-state index in [0.717, 1.165) is 11.1 Å². The molecule has 0 saturated heterocycles. The van der Waals surface area contributed by atoms with Gasteiger partial charge in [0.15, 0.2) is 0 Å². The molecule has 0 bridgehead atoms. The molecule has 0 unspecified atom stereocenters. The molecule has 0 saturated carbocycles. The normalized spacial score (nSPS) is 9.61. The lowest BCUT2D eigenvalue weighted by Crippen LogP contribution is -1.95. The van der Waals surface area contributed by atoms with Gasteiger partial charge in [-0.2, -0.15) is 5.26 Å². The highest BCUT2D eigenvalue weighted by Crippen LogP contribution is 2.40. The molecule has 0 aliphatic heterocycles. The predicted octanol–water partition coefficient (Wildman–Crippen LogP) is 3.24. The van der Waals surface area contributed by atoms with Gasteiger partial charge in [0.2, 0.25) is 0 Å². The average molecular weight is 239 g/mol. The van der Waals surface area contributed by atoms with Gasteiger partial charge in [-0.25, -0.2) is 0 Å². The van der Waals surface area contributed by atoms with Crippen LogP contribution >= 0.6 is 0 Å². The first kappa shape index (κ1) is 12.0. The molecule has 0 fully saturated rings. The van der Waals surface area contributed by atoms with Crippen molar-refractivity contribution in [2.75, 3.05) is 14.2 Å². The van der Waals surface area contributed by atoms with Crippen molar-refractivity contribution in [3.05, 3.63) is 48.0 Å². The standard InChI is InChI=1S/C15H13NO2/c1-17-13-9-8-12(10-16)15(18-2)14(13)11-6-4-3-5-7-11/h3-9H,1-2H3. The first-order valence-corrected chi connectivity index (χ1v) is 5.52. The molecule has 0 aromatic heterocycles. The van der Waals surface area contributed by atoms with Crippen LogP contribution in [0.2, 0.25) is 0 Å². The maximum absolute atomic E-state index is 9.11. The second-order valence-corrected chi connectivity index (χ2v) is 3.70. The van der Waals surface area contributed by atoms with Crippen LogP contribution < -0.4 is 9.47 Å². The number of rotatable bonds is 3. The highest BCUT2D eigenvalue weighted by Gasteiger charge is 2.16. The summed E-state index contributed by atoms with van der Waals surface area (Å²) in [6, 6.07) is 15.3. The monoisotopic (exact) mass is 239 g/mol. The van der Waals surface area contributed by atoms with Crippen LogP contribution in [0.25, 0.3) is 11.1 Å². The highest BCUT2D eigenvalue weighted by atomic mass is 16.5. The number of hydrogen-bond acceptors (Lipinski definition) is 3. The molecule has 0 spiro atoms. The van der Waals surface area contributed by atoms with Crippen molar-refractivity contribution in [2.24, 2.45) is 0 Å². The molecule has 3 heteroatoms. The summed E-state index contributed by atoms with van der Waals surface area (Å²) in [5.74, 6) is 1.24. The van der Waals surface area contributed by atoms with Gasteiger partial charge in [-0.3, -0.25) is 0 Å². The summed E-state index contributed by atoms with van der Waals surface area (Å²) in [6.07, 6.45) is 0. The summed E-state index contributed by atoms with van der Waals surface area (Å²) in [6.45, 7) is 0. The quantitative estimate of drug-likeness (QED) is 0.825. The SMILES string of the molecule is COc1ccc(C#N)c(OC)c1-c1ccccc1. The predicted molar refractivity (Wildman–Crippen MR) is 69.7 cm³/mol. The summed E-state index contributed by atoms with van der Waals surface area (Å²) in [5.41, 5.74) is 2.26. The van der Waals surface area contributed by atoms with Crippen molar-refractivity contribution < 1.29 is 9.47 Å². The third-order valence-corrected chi connectivity index (χ3v) is 2.73. The average Bonchev–Trinajstić information content (AvgIpc) is 2.46. The fourth-order valence-electron chi connectivity index (χ4n) is 1.91. The molecule has 0 radical (unpaired) electrons. The van der Waals surface area contributed by atoms with Gasteiger partial charge in [0.05, 0.1) is 25.3 Å². The molecule has 0 atom stereocenters. The minimum atomic E-state index is 0.497. The minimum Gasteiger partial charge on any atom is -0.496 e. The van der Waals surface area contributed by atoms with E-state index >= 15 is 0 Å². The Morgan fingerprint density at radius 2 is 1.67 bits per heavy atom. The van der Waals surface area contributed by atoms with E-state index in [4.69, 9.17) is 14.7 Å². The molecule has 0 aliphatic rings. The van der Waals surface area contributed by atoms with Crippen LogP contribution in [-0.4, -0.2) is 14.2 Å². The molecule has 2 aromatic carbocycles. The fourth-order valence-corrected chi connectivity index (χ4v) is 1.91. The second-order valence-electron chi connectivity index (χ2n) is 3.70. The van der Waals surface area contributed by atoms with Gasteiger partial charge in [0.1, 0.15) is 17.6 Å². The Hall–Kier alpha value is -2.47. The molecular formula is C15H13NO2. The van der Waals surface area contributed by atoms with Gasteiger partial charge in [0.25, 0.3) is 0 Å². The highest BCUT2D eigenvalue weighted by molar-refractivity contribution is 5.79. The Bertz CT molecular complexity index is 585. The lowest BCUT2D eigenvalue weighted by Gasteiger charge is -2.14. The van der Waals surface area contributed by atoms with Crippen LogP contribution in [0.3, 0.4) is 0 Å². The number of nitriles is 1. The molecule has 0 aliphatic carbocycles. The zero-order valence-corrected chi connectivity index (χ0v) is 10.3. The van der Waals surface area contributed by atoms with Crippen LogP contribution in [0.5, 0.6) is 11.5 Å². The molecule has 0 heterocycles. The fraction of sp³-hybridized carbons (Fsp3) is 0.133. The van der Waals surface area contributed by atoms with Crippen LogP contribution in [0, 0.1) is 11.3 Å². The molecule has 2 aromatic rings. The Labute approximate surface area is 106 Å². The minimum absolute atomic E-state index is 0.497. The lowest BCUT2D eigenvalue weighted by molar-refractivity contribution is 0.396. The molecule has 90 valence electrons. The largest absolute Gasteiger partial charge is 0.496 e. The number of hydrogen-bond donors (Lipinski definition) is 0. The Kier molecular flexibility index (Phi) is 3.49. The third-order valence-electron chi connectivity index (χ3n) is 2.73. The number of methoxy groups -OCH3 is 2. The zero-order chi connectivity index (χ0) is 13.0. The van der Waals surface area contributed by atoms with Gasteiger partial charge in [0, 0.05) is 0 Å². The van der Waals surface area contributed by atoms with Crippen LogP contribution in [0.15, 0.2) is 42.5 Å². The van der Waals surface area contributed by atoms with Crippen LogP contribution in [-0.2, 0) is 0 Å². The van der Waals surface area contributed by atoms with E-state index in [9.17, 15) is 0 Å². The van der Waals surface area contributed by atoms with Crippen molar-refractivity contribution >= 4 is 0 Å². The van der Waals surface area contributed by atoms with Crippen molar-refractivity contribution in [1.29, 1.82) is 5.26 Å². The lowest BCUT2D eigenvalue weighted by atomic mass is 10.0. The van der Waals surface area contributed by atoms with Crippen molar-refractivity contribution in [1.82, 2.24) is 0 Å². The molecule has 0 amide bonds. The first-order chi connectivity index (χ1) is 8.81.